The van der Waals surface area contributed by atoms with Crippen molar-refractivity contribution in [2.45, 2.75) is 59.6 Å². The number of benzene rings is 1. The Morgan fingerprint density at radius 2 is 1.72 bits per heavy atom. The molecule has 0 saturated heterocycles. The predicted octanol–water partition coefficient (Wildman–Crippen LogP) is 3.42. The van der Waals surface area contributed by atoms with Crippen LogP contribution in [0, 0.1) is 20.8 Å². The van der Waals surface area contributed by atoms with Crippen LogP contribution in [0.25, 0.3) is 0 Å². The first-order valence-corrected chi connectivity index (χ1v) is 6.80. The van der Waals surface area contributed by atoms with Gasteiger partial charge in [0.15, 0.2) is 0 Å². The van der Waals surface area contributed by atoms with Crippen LogP contribution in [0.15, 0.2) is 12.1 Å². The second kappa shape index (κ2) is 5.85. The van der Waals surface area contributed by atoms with Gasteiger partial charge in [-0.25, -0.2) is 0 Å². The molecule has 0 saturated carbocycles. The van der Waals surface area contributed by atoms with Gasteiger partial charge < -0.3 is 10.4 Å². The number of hydrogen-bond acceptors (Lipinski definition) is 2. The van der Waals surface area contributed by atoms with Crippen molar-refractivity contribution in [1.82, 2.24) is 5.32 Å². The summed E-state index contributed by atoms with van der Waals surface area (Å²) in [5.74, 6) is 0. The molecule has 0 spiro atoms. The van der Waals surface area contributed by atoms with Crippen LogP contribution in [0.1, 0.15) is 55.5 Å². The van der Waals surface area contributed by atoms with Crippen molar-refractivity contribution in [1.29, 1.82) is 0 Å². The quantitative estimate of drug-likeness (QED) is 0.838. The molecule has 0 aliphatic heterocycles. The fourth-order valence-corrected chi connectivity index (χ4v) is 2.06. The maximum Gasteiger partial charge on any atom is 0.0741 e. The van der Waals surface area contributed by atoms with Gasteiger partial charge in [0.25, 0.3) is 0 Å². The summed E-state index contributed by atoms with van der Waals surface area (Å²) < 4.78 is 0. The van der Waals surface area contributed by atoms with Crippen molar-refractivity contribution < 1.29 is 5.11 Å². The monoisotopic (exact) mass is 249 g/mol. The Morgan fingerprint density at radius 1 is 1.17 bits per heavy atom. The summed E-state index contributed by atoms with van der Waals surface area (Å²) in [6, 6.07) is 4.76. The second-order valence-corrected chi connectivity index (χ2v) is 5.75. The lowest BCUT2D eigenvalue weighted by atomic mass is 9.95. The minimum atomic E-state index is -0.623. The summed E-state index contributed by atoms with van der Waals surface area (Å²) in [5, 5.41) is 13.5. The SMILES string of the molecule is CCC(C)(O)CNC(C)c1cc(C)c(C)cc1C. The minimum absolute atomic E-state index is 0.266. The summed E-state index contributed by atoms with van der Waals surface area (Å²) >= 11 is 0. The molecule has 2 unspecified atom stereocenters. The molecule has 2 N–H and O–H groups in total. The van der Waals surface area contributed by atoms with Crippen LogP contribution in [-0.2, 0) is 0 Å². The normalized spacial score (nSPS) is 16.4. The zero-order valence-corrected chi connectivity index (χ0v) is 12.6. The lowest BCUT2D eigenvalue weighted by Gasteiger charge is -2.26. The Balaban J connectivity index is 2.79. The van der Waals surface area contributed by atoms with E-state index in [1.165, 1.54) is 22.3 Å². The van der Waals surface area contributed by atoms with Crippen LogP contribution in [0.2, 0.25) is 0 Å². The van der Waals surface area contributed by atoms with Crippen LogP contribution in [-0.4, -0.2) is 17.3 Å². The fraction of sp³-hybridized carbons (Fsp3) is 0.625. The van der Waals surface area contributed by atoms with Crippen molar-refractivity contribution in [3.63, 3.8) is 0 Å². The van der Waals surface area contributed by atoms with E-state index >= 15 is 0 Å². The summed E-state index contributed by atoms with van der Waals surface area (Å²) in [5.41, 5.74) is 4.68. The number of aliphatic hydroxyl groups is 1. The molecule has 0 aliphatic rings. The summed E-state index contributed by atoms with van der Waals surface area (Å²) in [6.45, 7) is 13.1. The third kappa shape index (κ3) is 3.82. The van der Waals surface area contributed by atoms with E-state index in [-0.39, 0.29) is 6.04 Å². The highest BCUT2D eigenvalue weighted by Crippen LogP contribution is 2.22. The topological polar surface area (TPSA) is 32.3 Å². The van der Waals surface area contributed by atoms with Gasteiger partial charge in [-0.15, -0.1) is 0 Å². The van der Waals surface area contributed by atoms with Crippen molar-refractivity contribution in [3.05, 3.63) is 34.4 Å². The largest absolute Gasteiger partial charge is 0.389 e. The summed E-state index contributed by atoms with van der Waals surface area (Å²) in [6.07, 6.45) is 0.763. The Labute approximate surface area is 111 Å². The van der Waals surface area contributed by atoms with Gasteiger partial charge in [0.05, 0.1) is 5.60 Å². The number of hydrogen-bond donors (Lipinski definition) is 2. The molecule has 2 atom stereocenters. The van der Waals surface area contributed by atoms with Gasteiger partial charge in [-0.1, -0.05) is 19.1 Å². The van der Waals surface area contributed by atoms with E-state index in [1.54, 1.807) is 0 Å². The van der Waals surface area contributed by atoms with Gasteiger partial charge in [-0.3, -0.25) is 0 Å². The van der Waals surface area contributed by atoms with Crippen LogP contribution >= 0.6 is 0 Å². The molecule has 0 amide bonds. The van der Waals surface area contributed by atoms with E-state index in [4.69, 9.17) is 0 Å². The molecule has 0 fully saturated rings. The Bertz CT molecular complexity index is 410. The van der Waals surface area contributed by atoms with Gasteiger partial charge in [-0.05, 0) is 63.3 Å². The number of rotatable bonds is 5. The second-order valence-electron chi connectivity index (χ2n) is 5.75. The lowest BCUT2D eigenvalue weighted by Crippen LogP contribution is -2.38. The standard InChI is InChI=1S/C16H27NO/c1-7-16(6,18)10-17-14(5)15-9-12(3)11(2)8-13(15)4/h8-9,14,17-18H,7,10H2,1-6H3. The maximum absolute atomic E-state index is 10.0. The molecule has 18 heavy (non-hydrogen) atoms. The lowest BCUT2D eigenvalue weighted by molar-refractivity contribution is 0.0533. The Kier molecular flexibility index (Phi) is 4.94. The van der Waals surface area contributed by atoms with E-state index in [0.717, 1.165) is 6.42 Å². The van der Waals surface area contributed by atoms with E-state index in [9.17, 15) is 5.11 Å². The molecule has 0 aliphatic carbocycles. The van der Waals surface area contributed by atoms with Crippen molar-refractivity contribution in [2.75, 3.05) is 6.54 Å². The van der Waals surface area contributed by atoms with Gasteiger partial charge in [0, 0.05) is 12.6 Å². The molecule has 1 rings (SSSR count). The van der Waals surface area contributed by atoms with Crippen molar-refractivity contribution in [2.24, 2.45) is 0 Å². The molecule has 0 aromatic heterocycles. The molecule has 0 radical (unpaired) electrons. The smallest absolute Gasteiger partial charge is 0.0741 e. The first-order chi connectivity index (χ1) is 8.26. The van der Waals surface area contributed by atoms with Crippen molar-refractivity contribution >= 4 is 0 Å². The van der Waals surface area contributed by atoms with E-state index < -0.39 is 5.60 Å². The molecule has 1 aromatic rings. The molecular formula is C16H27NO. The fourth-order valence-electron chi connectivity index (χ4n) is 2.06. The molecular weight excluding hydrogens is 222 g/mol. The Hall–Kier alpha value is -0.860. The van der Waals surface area contributed by atoms with Crippen LogP contribution in [0.4, 0.5) is 0 Å². The minimum Gasteiger partial charge on any atom is -0.389 e. The third-order valence-electron chi connectivity index (χ3n) is 3.90. The molecule has 0 heterocycles. The van der Waals surface area contributed by atoms with E-state index in [1.807, 2.05) is 13.8 Å². The van der Waals surface area contributed by atoms with Crippen molar-refractivity contribution in [3.8, 4) is 0 Å². The van der Waals surface area contributed by atoms with E-state index in [0.29, 0.717) is 6.54 Å². The highest BCUT2D eigenvalue weighted by Gasteiger charge is 2.19. The first-order valence-electron chi connectivity index (χ1n) is 6.80. The zero-order valence-electron chi connectivity index (χ0n) is 12.6. The number of aryl methyl sites for hydroxylation is 3. The van der Waals surface area contributed by atoms with E-state index in [2.05, 4.69) is 45.1 Å². The predicted molar refractivity (Wildman–Crippen MR) is 78.0 cm³/mol. The highest BCUT2D eigenvalue weighted by molar-refractivity contribution is 5.38. The molecule has 1 aromatic carbocycles. The number of nitrogens with one attached hydrogen (secondary N) is 1. The molecule has 2 nitrogen and oxygen atoms in total. The average Bonchev–Trinajstić information content (AvgIpc) is 2.31. The summed E-state index contributed by atoms with van der Waals surface area (Å²) in [7, 11) is 0. The highest BCUT2D eigenvalue weighted by atomic mass is 16.3. The molecule has 0 bridgehead atoms. The van der Waals surface area contributed by atoms with Crippen LogP contribution in [0.5, 0.6) is 0 Å². The third-order valence-corrected chi connectivity index (χ3v) is 3.90. The maximum atomic E-state index is 10.0. The van der Waals surface area contributed by atoms with Crippen LogP contribution < -0.4 is 5.32 Å². The molecule has 2 heteroatoms. The molecule has 102 valence electrons. The van der Waals surface area contributed by atoms with Gasteiger partial charge in [0.2, 0.25) is 0 Å². The first kappa shape index (κ1) is 15.2. The van der Waals surface area contributed by atoms with Gasteiger partial charge >= 0.3 is 0 Å². The van der Waals surface area contributed by atoms with Gasteiger partial charge in [0.1, 0.15) is 0 Å². The zero-order chi connectivity index (χ0) is 13.9. The van der Waals surface area contributed by atoms with Crippen LogP contribution in [0.3, 0.4) is 0 Å². The Morgan fingerprint density at radius 3 is 2.28 bits per heavy atom. The summed E-state index contributed by atoms with van der Waals surface area (Å²) in [4.78, 5) is 0. The average molecular weight is 249 g/mol. The van der Waals surface area contributed by atoms with Gasteiger partial charge in [-0.2, -0.15) is 0 Å².